The van der Waals surface area contributed by atoms with E-state index in [2.05, 4.69) is 27.8 Å². The van der Waals surface area contributed by atoms with E-state index in [1.54, 1.807) is 48.6 Å². The van der Waals surface area contributed by atoms with Crippen molar-refractivity contribution in [1.82, 2.24) is 4.90 Å². The Bertz CT molecular complexity index is 991. The zero-order valence-corrected chi connectivity index (χ0v) is 17.7. The molecule has 6 nitrogen and oxygen atoms in total. The van der Waals surface area contributed by atoms with E-state index in [0.717, 1.165) is 21.1 Å². The van der Waals surface area contributed by atoms with Crippen LogP contribution in [-0.4, -0.2) is 35.1 Å². The maximum Gasteiger partial charge on any atom is 0.294 e. The molecular formula is C21H17BrN2O4S. The van der Waals surface area contributed by atoms with Crippen LogP contribution in [0.25, 0.3) is 6.08 Å². The average Bonchev–Trinajstić information content (AvgIpc) is 2.95. The number of nitrogens with zero attached hydrogens (tertiary/aromatic N) is 1. The summed E-state index contributed by atoms with van der Waals surface area (Å²) >= 11 is 4.18. The molecule has 148 valence electrons. The number of nitrogens with one attached hydrogen (secondary N) is 1. The summed E-state index contributed by atoms with van der Waals surface area (Å²) in [6, 6.07) is 14.2. The van der Waals surface area contributed by atoms with Crippen LogP contribution in [0.2, 0.25) is 0 Å². The second kappa shape index (κ2) is 9.58. The highest BCUT2D eigenvalue weighted by Gasteiger charge is 2.36. The van der Waals surface area contributed by atoms with Crippen molar-refractivity contribution in [3.05, 3.63) is 76.1 Å². The Labute approximate surface area is 180 Å². The number of thioether (sulfide) groups is 1. The maximum atomic E-state index is 12.7. The van der Waals surface area contributed by atoms with Gasteiger partial charge in [-0.25, -0.2) is 0 Å². The zero-order valence-electron chi connectivity index (χ0n) is 15.3. The van der Waals surface area contributed by atoms with Crippen LogP contribution in [0.3, 0.4) is 0 Å². The van der Waals surface area contributed by atoms with Crippen molar-refractivity contribution in [2.45, 2.75) is 0 Å². The highest BCUT2D eigenvalue weighted by atomic mass is 79.9. The van der Waals surface area contributed by atoms with Crippen molar-refractivity contribution < 1.29 is 19.1 Å². The SMILES string of the molecule is C=CCOc1ccc(Br)cc1/C=C1/SC(=O)N(CC(=O)Nc2ccccc2)C1=O. The molecule has 0 saturated carbocycles. The van der Waals surface area contributed by atoms with Crippen molar-refractivity contribution in [3.8, 4) is 5.75 Å². The largest absolute Gasteiger partial charge is 0.489 e. The standard InChI is InChI=1S/C21H17BrN2O4S/c1-2-10-28-17-9-8-15(22)11-14(17)12-18-20(26)24(21(27)29-18)13-19(25)23-16-6-4-3-5-7-16/h2-9,11-12H,1,10,13H2,(H,23,25)/b18-12+. The lowest BCUT2D eigenvalue weighted by atomic mass is 10.2. The first-order chi connectivity index (χ1) is 14.0. The molecule has 8 heteroatoms. The van der Waals surface area contributed by atoms with Gasteiger partial charge in [0.05, 0.1) is 4.91 Å². The Morgan fingerprint density at radius 1 is 1.21 bits per heavy atom. The van der Waals surface area contributed by atoms with Gasteiger partial charge in [0.1, 0.15) is 18.9 Å². The van der Waals surface area contributed by atoms with Crippen LogP contribution in [-0.2, 0) is 9.59 Å². The van der Waals surface area contributed by atoms with Gasteiger partial charge < -0.3 is 10.1 Å². The maximum absolute atomic E-state index is 12.7. The van der Waals surface area contributed by atoms with Crippen LogP contribution in [0.5, 0.6) is 5.75 Å². The number of benzene rings is 2. The number of imide groups is 1. The number of rotatable bonds is 7. The first kappa shape index (κ1) is 20.9. The molecule has 1 aliphatic rings. The molecule has 0 aromatic heterocycles. The monoisotopic (exact) mass is 472 g/mol. The molecule has 0 unspecified atom stereocenters. The van der Waals surface area contributed by atoms with Gasteiger partial charge in [-0.2, -0.15) is 0 Å². The molecule has 1 saturated heterocycles. The van der Waals surface area contributed by atoms with Crippen LogP contribution in [0, 0.1) is 0 Å². The lowest BCUT2D eigenvalue weighted by molar-refractivity contribution is -0.127. The van der Waals surface area contributed by atoms with Crippen LogP contribution in [0.1, 0.15) is 5.56 Å². The van der Waals surface area contributed by atoms with Gasteiger partial charge >= 0.3 is 0 Å². The Hall–Kier alpha value is -2.84. The van der Waals surface area contributed by atoms with Crippen molar-refractivity contribution in [2.24, 2.45) is 0 Å². The van der Waals surface area contributed by atoms with E-state index in [0.29, 0.717) is 23.6 Å². The summed E-state index contributed by atoms with van der Waals surface area (Å²) in [7, 11) is 0. The Morgan fingerprint density at radius 2 is 1.97 bits per heavy atom. The van der Waals surface area contributed by atoms with Gasteiger partial charge in [-0.1, -0.05) is 46.8 Å². The number of para-hydroxylation sites is 1. The van der Waals surface area contributed by atoms with Crippen LogP contribution < -0.4 is 10.1 Å². The molecule has 0 spiro atoms. The minimum atomic E-state index is -0.516. The third-order valence-electron chi connectivity index (χ3n) is 3.85. The summed E-state index contributed by atoms with van der Waals surface area (Å²) in [5, 5.41) is 2.17. The van der Waals surface area contributed by atoms with Gasteiger partial charge in [-0.15, -0.1) is 0 Å². The summed E-state index contributed by atoms with van der Waals surface area (Å²) < 4.78 is 6.41. The first-order valence-corrected chi connectivity index (χ1v) is 10.2. The minimum absolute atomic E-state index is 0.226. The fraction of sp³-hybridized carbons (Fsp3) is 0.0952. The summed E-state index contributed by atoms with van der Waals surface area (Å²) in [6.45, 7) is 3.58. The summed E-state index contributed by atoms with van der Waals surface area (Å²) in [5.41, 5.74) is 1.23. The molecule has 3 amide bonds. The molecule has 0 bridgehead atoms. The molecule has 29 heavy (non-hydrogen) atoms. The Morgan fingerprint density at radius 3 is 2.69 bits per heavy atom. The molecule has 2 aromatic rings. The quantitative estimate of drug-likeness (QED) is 0.467. The number of hydrogen-bond donors (Lipinski definition) is 1. The van der Waals surface area contributed by atoms with E-state index in [1.165, 1.54) is 0 Å². The number of amides is 3. The fourth-order valence-electron chi connectivity index (χ4n) is 2.56. The van der Waals surface area contributed by atoms with E-state index in [1.807, 2.05) is 12.1 Å². The van der Waals surface area contributed by atoms with Gasteiger partial charge in [0, 0.05) is 15.7 Å². The molecule has 2 aromatic carbocycles. The molecule has 0 atom stereocenters. The fourth-order valence-corrected chi connectivity index (χ4v) is 3.76. The molecule has 3 rings (SSSR count). The second-order valence-electron chi connectivity index (χ2n) is 5.96. The number of anilines is 1. The minimum Gasteiger partial charge on any atom is -0.489 e. The number of hydrogen-bond acceptors (Lipinski definition) is 5. The molecule has 1 heterocycles. The Kier molecular flexibility index (Phi) is 6.90. The van der Waals surface area contributed by atoms with Crippen molar-refractivity contribution in [2.75, 3.05) is 18.5 Å². The molecule has 1 aliphatic heterocycles. The smallest absolute Gasteiger partial charge is 0.294 e. The van der Waals surface area contributed by atoms with E-state index in [4.69, 9.17) is 4.74 Å². The van der Waals surface area contributed by atoms with Crippen molar-refractivity contribution in [3.63, 3.8) is 0 Å². The topological polar surface area (TPSA) is 75.7 Å². The molecular weight excluding hydrogens is 456 g/mol. The predicted octanol–water partition coefficient (Wildman–Crippen LogP) is 4.69. The number of halogens is 1. The van der Waals surface area contributed by atoms with Gasteiger partial charge in [0.2, 0.25) is 5.91 Å². The first-order valence-electron chi connectivity index (χ1n) is 8.61. The lowest BCUT2D eigenvalue weighted by Crippen LogP contribution is -2.36. The van der Waals surface area contributed by atoms with Crippen molar-refractivity contribution >= 4 is 56.5 Å². The Balaban J connectivity index is 1.75. The highest BCUT2D eigenvalue weighted by Crippen LogP contribution is 2.34. The number of carbonyl (C=O) groups excluding carboxylic acids is 3. The number of carbonyl (C=O) groups is 3. The number of ether oxygens (including phenoxy) is 1. The van der Waals surface area contributed by atoms with Gasteiger partial charge in [0.15, 0.2) is 0 Å². The van der Waals surface area contributed by atoms with Gasteiger partial charge in [-0.3, -0.25) is 19.3 Å². The predicted molar refractivity (Wildman–Crippen MR) is 118 cm³/mol. The van der Waals surface area contributed by atoms with Crippen LogP contribution >= 0.6 is 27.7 Å². The van der Waals surface area contributed by atoms with Crippen molar-refractivity contribution in [1.29, 1.82) is 0 Å². The highest BCUT2D eigenvalue weighted by molar-refractivity contribution is 9.10. The summed E-state index contributed by atoms with van der Waals surface area (Å²) in [5.74, 6) is -0.406. The summed E-state index contributed by atoms with van der Waals surface area (Å²) in [4.78, 5) is 38.3. The second-order valence-corrected chi connectivity index (χ2v) is 7.87. The van der Waals surface area contributed by atoms with E-state index in [9.17, 15) is 14.4 Å². The van der Waals surface area contributed by atoms with Gasteiger partial charge in [-0.05, 0) is 48.2 Å². The third kappa shape index (κ3) is 5.36. The van der Waals surface area contributed by atoms with E-state index >= 15 is 0 Å². The van der Waals surface area contributed by atoms with Crippen LogP contribution in [0.4, 0.5) is 10.5 Å². The average molecular weight is 473 g/mol. The normalized spacial score (nSPS) is 14.9. The van der Waals surface area contributed by atoms with Gasteiger partial charge in [0.25, 0.3) is 11.1 Å². The van der Waals surface area contributed by atoms with Crippen LogP contribution in [0.15, 0.2) is 70.6 Å². The van der Waals surface area contributed by atoms with E-state index < -0.39 is 17.1 Å². The third-order valence-corrected chi connectivity index (χ3v) is 5.25. The molecule has 0 aliphatic carbocycles. The lowest BCUT2D eigenvalue weighted by Gasteiger charge is -2.12. The molecule has 1 N–H and O–H groups in total. The summed E-state index contributed by atoms with van der Waals surface area (Å²) in [6.07, 6.45) is 3.20. The zero-order chi connectivity index (χ0) is 20.8. The molecule has 1 fully saturated rings. The molecule has 0 radical (unpaired) electrons. The van der Waals surface area contributed by atoms with E-state index in [-0.39, 0.29) is 11.4 Å².